The average Bonchev–Trinajstić information content (AvgIpc) is 3.07. The molecule has 0 bridgehead atoms. The summed E-state index contributed by atoms with van der Waals surface area (Å²) in [6.45, 7) is 1.58. The molecular formula is C17H22N4O2S. The van der Waals surface area contributed by atoms with Gasteiger partial charge in [0.2, 0.25) is 0 Å². The molecule has 0 fully saturated rings. The van der Waals surface area contributed by atoms with Gasteiger partial charge in [-0.2, -0.15) is 0 Å². The fraction of sp³-hybridized carbons (Fsp3) is 0.412. The molecule has 6 nitrogen and oxygen atoms in total. The number of aromatic nitrogens is 1. The van der Waals surface area contributed by atoms with Crippen molar-refractivity contribution in [2.24, 2.45) is 0 Å². The van der Waals surface area contributed by atoms with Crippen LogP contribution in [0.2, 0.25) is 0 Å². The summed E-state index contributed by atoms with van der Waals surface area (Å²) in [5, 5.41) is 7.80. The highest BCUT2D eigenvalue weighted by Crippen LogP contribution is 2.30. The van der Waals surface area contributed by atoms with Crippen LogP contribution < -0.4 is 15.5 Å². The zero-order valence-corrected chi connectivity index (χ0v) is 14.7. The van der Waals surface area contributed by atoms with Gasteiger partial charge in [-0.15, -0.1) is 11.3 Å². The summed E-state index contributed by atoms with van der Waals surface area (Å²) < 4.78 is 5.76. The van der Waals surface area contributed by atoms with Crippen molar-refractivity contribution >= 4 is 23.2 Å². The summed E-state index contributed by atoms with van der Waals surface area (Å²) in [5.74, 6) is 0.871. The number of ether oxygens (including phenoxy) is 1. The molecule has 2 amide bonds. The predicted octanol–water partition coefficient (Wildman–Crippen LogP) is 2.32. The molecule has 0 radical (unpaired) electrons. The number of hydrogen-bond donors (Lipinski definition) is 2. The number of amides is 2. The number of nitrogens with one attached hydrogen (secondary N) is 2. The van der Waals surface area contributed by atoms with E-state index in [4.69, 9.17) is 4.74 Å². The van der Waals surface area contributed by atoms with Gasteiger partial charge in [0.1, 0.15) is 11.9 Å². The van der Waals surface area contributed by atoms with Crippen molar-refractivity contribution in [3.05, 3.63) is 45.8 Å². The Morgan fingerprint density at radius 3 is 3.08 bits per heavy atom. The molecule has 0 spiro atoms. The van der Waals surface area contributed by atoms with Gasteiger partial charge in [0, 0.05) is 31.9 Å². The van der Waals surface area contributed by atoms with Crippen LogP contribution in [0.15, 0.2) is 29.6 Å². The third kappa shape index (κ3) is 4.04. The Hall–Kier alpha value is -2.12. The number of urea groups is 1. The minimum absolute atomic E-state index is 0.0547. The van der Waals surface area contributed by atoms with Gasteiger partial charge in [-0.3, -0.25) is 0 Å². The van der Waals surface area contributed by atoms with Crippen LogP contribution in [0.1, 0.15) is 22.2 Å². The van der Waals surface area contributed by atoms with Gasteiger partial charge in [0.15, 0.2) is 0 Å². The summed E-state index contributed by atoms with van der Waals surface area (Å²) >= 11 is 1.75. The molecule has 1 atom stereocenters. The van der Waals surface area contributed by atoms with Gasteiger partial charge in [-0.1, -0.05) is 6.07 Å². The highest BCUT2D eigenvalue weighted by atomic mass is 32.1. The molecule has 7 heteroatoms. The molecule has 1 aliphatic rings. The monoisotopic (exact) mass is 346 g/mol. The first-order valence-electron chi connectivity index (χ1n) is 7.96. The van der Waals surface area contributed by atoms with Gasteiger partial charge in [0.25, 0.3) is 0 Å². The lowest BCUT2D eigenvalue weighted by atomic mass is 10.1. The first-order chi connectivity index (χ1) is 11.6. The van der Waals surface area contributed by atoms with Crippen LogP contribution in [0.5, 0.6) is 0 Å². The van der Waals surface area contributed by atoms with E-state index in [-0.39, 0.29) is 12.1 Å². The normalized spacial score (nSPS) is 16.3. The zero-order chi connectivity index (χ0) is 16.9. The molecule has 0 aromatic carbocycles. The molecule has 24 heavy (non-hydrogen) atoms. The first-order valence-corrected chi connectivity index (χ1v) is 8.84. The minimum Gasteiger partial charge on any atom is -0.371 e. The van der Waals surface area contributed by atoms with Gasteiger partial charge >= 0.3 is 6.03 Å². The topological polar surface area (TPSA) is 66.5 Å². The Labute approximate surface area is 145 Å². The Balaban J connectivity index is 1.48. The predicted molar refractivity (Wildman–Crippen MR) is 95.5 cm³/mol. The maximum Gasteiger partial charge on any atom is 0.315 e. The number of nitrogens with zero attached hydrogens (tertiary/aromatic N) is 2. The number of fused-ring (bicyclic) bond motifs is 1. The quantitative estimate of drug-likeness (QED) is 0.872. The van der Waals surface area contributed by atoms with Gasteiger partial charge in [-0.05, 0) is 29.1 Å². The van der Waals surface area contributed by atoms with E-state index in [2.05, 4.69) is 27.1 Å². The van der Waals surface area contributed by atoms with E-state index in [0.717, 1.165) is 17.9 Å². The van der Waals surface area contributed by atoms with Crippen LogP contribution in [-0.4, -0.2) is 38.3 Å². The fourth-order valence-electron chi connectivity index (χ4n) is 2.63. The molecule has 0 saturated heterocycles. The zero-order valence-electron chi connectivity index (χ0n) is 13.9. The third-order valence-electron chi connectivity index (χ3n) is 3.90. The van der Waals surface area contributed by atoms with Crippen molar-refractivity contribution in [1.82, 2.24) is 15.6 Å². The van der Waals surface area contributed by atoms with Crippen molar-refractivity contribution in [2.75, 3.05) is 32.1 Å². The molecule has 0 aliphatic carbocycles. The average molecular weight is 346 g/mol. The molecule has 128 valence electrons. The van der Waals surface area contributed by atoms with E-state index >= 15 is 0 Å². The van der Waals surface area contributed by atoms with Gasteiger partial charge in [-0.25, -0.2) is 9.78 Å². The standard InChI is InChI=1S/C17H22N4O2S/c1-21(2)16-5-3-4-12(20-16)10-18-17(22)19-11-14-13-7-9-24-15(13)6-8-23-14/h3-5,7,9,14H,6,8,10-11H2,1-2H3,(H2,18,19,22)/t14-/m1/s1. The van der Waals surface area contributed by atoms with Crippen molar-refractivity contribution in [1.29, 1.82) is 0 Å². The van der Waals surface area contributed by atoms with Crippen LogP contribution in [0.3, 0.4) is 0 Å². The Bertz CT molecular complexity index is 701. The first kappa shape index (κ1) is 16.7. The van der Waals surface area contributed by atoms with E-state index in [1.165, 1.54) is 10.4 Å². The number of pyridine rings is 1. The summed E-state index contributed by atoms with van der Waals surface area (Å²) in [4.78, 5) is 19.8. The number of anilines is 1. The van der Waals surface area contributed by atoms with E-state index < -0.39 is 0 Å². The number of hydrogen-bond acceptors (Lipinski definition) is 5. The number of carbonyl (C=O) groups excluding carboxylic acids is 1. The van der Waals surface area contributed by atoms with E-state index in [0.29, 0.717) is 19.7 Å². The number of rotatable bonds is 5. The van der Waals surface area contributed by atoms with Crippen LogP contribution in [0.4, 0.5) is 10.6 Å². The maximum absolute atomic E-state index is 12.0. The molecule has 2 aromatic heterocycles. The second kappa shape index (κ2) is 7.63. The SMILES string of the molecule is CN(C)c1cccc(CNC(=O)NC[C@H]2OCCc3sccc32)n1. The Morgan fingerprint density at radius 2 is 2.25 bits per heavy atom. The molecular weight excluding hydrogens is 324 g/mol. The molecule has 1 aliphatic heterocycles. The molecule has 3 heterocycles. The van der Waals surface area contributed by atoms with Crippen molar-refractivity contribution in [2.45, 2.75) is 19.1 Å². The van der Waals surface area contributed by atoms with E-state index in [9.17, 15) is 4.79 Å². The number of carbonyl (C=O) groups is 1. The highest BCUT2D eigenvalue weighted by Gasteiger charge is 2.22. The second-order valence-corrected chi connectivity index (χ2v) is 6.85. The smallest absolute Gasteiger partial charge is 0.315 e. The molecule has 2 aromatic rings. The number of thiophene rings is 1. The lowest BCUT2D eigenvalue weighted by Crippen LogP contribution is -2.38. The maximum atomic E-state index is 12.0. The van der Waals surface area contributed by atoms with Crippen molar-refractivity contribution in [3.8, 4) is 0 Å². The fourth-order valence-corrected chi connectivity index (χ4v) is 3.54. The largest absolute Gasteiger partial charge is 0.371 e. The van der Waals surface area contributed by atoms with Crippen LogP contribution in [0, 0.1) is 0 Å². The third-order valence-corrected chi connectivity index (χ3v) is 4.90. The lowest BCUT2D eigenvalue weighted by molar-refractivity contribution is 0.0454. The summed E-state index contributed by atoms with van der Waals surface area (Å²) in [5.41, 5.74) is 2.03. The Morgan fingerprint density at radius 1 is 1.38 bits per heavy atom. The van der Waals surface area contributed by atoms with E-state index in [1.54, 1.807) is 11.3 Å². The highest BCUT2D eigenvalue weighted by molar-refractivity contribution is 7.10. The molecule has 3 rings (SSSR count). The minimum atomic E-state index is -0.210. The van der Waals surface area contributed by atoms with Crippen LogP contribution in [-0.2, 0) is 17.7 Å². The second-order valence-electron chi connectivity index (χ2n) is 5.85. The van der Waals surface area contributed by atoms with E-state index in [1.807, 2.05) is 37.2 Å². The molecule has 0 unspecified atom stereocenters. The molecule has 0 saturated carbocycles. The summed E-state index contributed by atoms with van der Waals surface area (Å²) in [6, 6.07) is 7.64. The summed E-state index contributed by atoms with van der Waals surface area (Å²) in [6.07, 6.45) is 0.907. The van der Waals surface area contributed by atoms with Gasteiger partial charge < -0.3 is 20.3 Å². The Kier molecular flexibility index (Phi) is 5.32. The van der Waals surface area contributed by atoms with Crippen molar-refractivity contribution in [3.63, 3.8) is 0 Å². The van der Waals surface area contributed by atoms with Crippen LogP contribution >= 0.6 is 11.3 Å². The molecule has 2 N–H and O–H groups in total. The lowest BCUT2D eigenvalue weighted by Gasteiger charge is -2.23. The summed E-state index contributed by atoms with van der Waals surface area (Å²) in [7, 11) is 3.88. The van der Waals surface area contributed by atoms with Crippen molar-refractivity contribution < 1.29 is 9.53 Å². The van der Waals surface area contributed by atoms with Gasteiger partial charge in [0.05, 0.1) is 18.8 Å². The van der Waals surface area contributed by atoms with Crippen LogP contribution in [0.25, 0.3) is 0 Å².